The predicted octanol–water partition coefficient (Wildman–Crippen LogP) is 1.68. The van der Waals surface area contributed by atoms with E-state index in [2.05, 4.69) is 20.3 Å². The summed E-state index contributed by atoms with van der Waals surface area (Å²) in [7, 11) is 0. The van der Waals surface area contributed by atoms with Crippen molar-refractivity contribution < 1.29 is 14.4 Å². The third-order valence-electron chi connectivity index (χ3n) is 5.12. The second-order valence-electron chi connectivity index (χ2n) is 7.56. The highest BCUT2D eigenvalue weighted by atomic mass is 16.2. The number of Topliss-reactive ketones (excluding diaryl/α,β-unsaturated/α-hetero) is 2. The number of nitrogens with zero attached hydrogens (tertiary/aromatic N) is 1. The molecular formula is C22H25N5O4. The van der Waals surface area contributed by atoms with E-state index in [1.807, 2.05) is 12.1 Å². The number of hydrogen-bond acceptors (Lipinski definition) is 6. The number of amides is 1. The van der Waals surface area contributed by atoms with Gasteiger partial charge < -0.3 is 20.8 Å². The number of nitrogens with one attached hydrogen (secondary N) is 3. The number of aryl methyl sites for hydroxylation is 2. The highest BCUT2D eigenvalue weighted by Crippen LogP contribution is 2.16. The zero-order chi connectivity index (χ0) is 22.5. The van der Waals surface area contributed by atoms with Crippen molar-refractivity contribution in [2.45, 2.75) is 45.6 Å². The minimum Gasteiger partial charge on any atom is -0.369 e. The molecule has 0 aliphatic heterocycles. The molecular weight excluding hydrogens is 398 g/mol. The van der Waals surface area contributed by atoms with E-state index in [0.29, 0.717) is 35.9 Å². The van der Waals surface area contributed by atoms with Crippen LogP contribution in [0.25, 0.3) is 11.0 Å². The number of aromatic amines is 2. The van der Waals surface area contributed by atoms with E-state index >= 15 is 0 Å². The van der Waals surface area contributed by atoms with Gasteiger partial charge in [-0.25, -0.2) is 0 Å². The van der Waals surface area contributed by atoms with Gasteiger partial charge >= 0.3 is 0 Å². The molecule has 2 heterocycles. The molecule has 0 spiro atoms. The number of anilines is 1. The second kappa shape index (κ2) is 9.38. The Morgan fingerprint density at radius 1 is 1.13 bits per heavy atom. The number of H-pyrrole nitrogens is 2. The first kappa shape index (κ1) is 21.9. The molecule has 0 fully saturated rings. The molecule has 5 N–H and O–H groups in total. The van der Waals surface area contributed by atoms with Gasteiger partial charge in [-0.2, -0.15) is 4.98 Å². The molecule has 1 aromatic carbocycles. The molecule has 0 aliphatic rings. The van der Waals surface area contributed by atoms with Crippen molar-refractivity contribution in [3.63, 3.8) is 0 Å². The van der Waals surface area contributed by atoms with Gasteiger partial charge in [0.05, 0.1) is 11.4 Å². The molecule has 31 heavy (non-hydrogen) atoms. The zero-order valence-corrected chi connectivity index (χ0v) is 17.5. The fourth-order valence-electron chi connectivity index (χ4n) is 3.39. The Labute approximate surface area is 178 Å². The topological polar surface area (TPSA) is 151 Å². The standard InChI is InChI=1S/C22H25N5O4/c1-12(28)3-10-17(13(2)29)25-20(30)15-7-4-14(5-8-15)6-9-16-11-24-19-18(16)21(31)27-22(23)26-19/h4-5,7-8,11,17H,3,6,9-10H2,1-2H3,(H,25,30)(H4,23,24,26,27,31). The Morgan fingerprint density at radius 3 is 2.48 bits per heavy atom. The second-order valence-corrected chi connectivity index (χ2v) is 7.56. The summed E-state index contributed by atoms with van der Waals surface area (Å²) >= 11 is 0. The van der Waals surface area contributed by atoms with E-state index in [-0.39, 0.29) is 35.4 Å². The smallest absolute Gasteiger partial charge is 0.262 e. The van der Waals surface area contributed by atoms with Gasteiger partial charge in [-0.3, -0.25) is 19.4 Å². The SMILES string of the molecule is CC(=O)CCC(NC(=O)c1ccc(CCc2c[nH]c3nc(N)[nH]c(=O)c23)cc1)C(C)=O. The summed E-state index contributed by atoms with van der Waals surface area (Å²) in [5, 5.41) is 3.18. The number of carbonyl (C=O) groups excluding carboxylic acids is 3. The summed E-state index contributed by atoms with van der Waals surface area (Å²) in [4.78, 5) is 57.1. The fraction of sp³-hybridized carbons (Fsp3) is 0.318. The minimum atomic E-state index is -0.682. The Bertz CT molecular complexity index is 1180. The van der Waals surface area contributed by atoms with Gasteiger partial charge in [0.15, 0.2) is 5.78 Å². The van der Waals surface area contributed by atoms with Crippen LogP contribution >= 0.6 is 0 Å². The lowest BCUT2D eigenvalue weighted by molar-refractivity contribution is -0.119. The third kappa shape index (κ3) is 5.44. The lowest BCUT2D eigenvalue weighted by atomic mass is 10.0. The number of benzene rings is 1. The molecule has 1 atom stereocenters. The average Bonchev–Trinajstić information content (AvgIpc) is 3.12. The Balaban J connectivity index is 1.64. The molecule has 162 valence electrons. The largest absolute Gasteiger partial charge is 0.369 e. The molecule has 1 unspecified atom stereocenters. The number of nitrogen functional groups attached to an aromatic ring is 1. The lowest BCUT2D eigenvalue weighted by Crippen LogP contribution is -2.40. The van der Waals surface area contributed by atoms with Crippen LogP contribution < -0.4 is 16.6 Å². The van der Waals surface area contributed by atoms with Crippen molar-refractivity contribution in [2.75, 3.05) is 5.73 Å². The Hall–Kier alpha value is -3.75. The van der Waals surface area contributed by atoms with Gasteiger partial charge in [-0.05, 0) is 56.4 Å². The predicted molar refractivity (Wildman–Crippen MR) is 117 cm³/mol. The van der Waals surface area contributed by atoms with Crippen LogP contribution in [-0.4, -0.2) is 38.5 Å². The number of hydrogen-bond donors (Lipinski definition) is 4. The van der Waals surface area contributed by atoms with Gasteiger partial charge in [0.25, 0.3) is 11.5 Å². The van der Waals surface area contributed by atoms with E-state index in [4.69, 9.17) is 5.73 Å². The van der Waals surface area contributed by atoms with E-state index in [1.54, 1.807) is 18.3 Å². The summed E-state index contributed by atoms with van der Waals surface area (Å²) in [6.07, 6.45) is 3.54. The van der Waals surface area contributed by atoms with E-state index < -0.39 is 6.04 Å². The molecule has 0 saturated carbocycles. The van der Waals surface area contributed by atoms with Gasteiger partial charge in [-0.1, -0.05) is 12.1 Å². The molecule has 9 heteroatoms. The van der Waals surface area contributed by atoms with Crippen LogP contribution in [0.4, 0.5) is 5.95 Å². The minimum absolute atomic E-state index is 0.0266. The van der Waals surface area contributed by atoms with Crippen LogP contribution in [0, 0.1) is 0 Å². The van der Waals surface area contributed by atoms with Crippen molar-refractivity contribution in [1.29, 1.82) is 0 Å². The van der Waals surface area contributed by atoms with Gasteiger partial charge in [-0.15, -0.1) is 0 Å². The quantitative estimate of drug-likeness (QED) is 0.411. The highest BCUT2D eigenvalue weighted by molar-refractivity contribution is 5.97. The molecule has 2 aromatic heterocycles. The van der Waals surface area contributed by atoms with Crippen molar-refractivity contribution in [3.05, 3.63) is 57.5 Å². The Morgan fingerprint density at radius 2 is 1.84 bits per heavy atom. The third-order valence-corrected chi connectivity index (χ3v) is 5.12. The summed E-state index contributed by atoms with van der Waals surface area (Å²) in [5.41, 5.74) is 7.99. The first-order valence-electron chi connectivity index (χ1n) is 10.00. The van der Waals surface area contributed by atoms with Crippen LogP contribution in [0.15, 0.2) is 35.3 Å². The lowest BCUT2D eigenvalue weighted by Gasteiger charge is -2.15. The van der Waals surface area contributed by atoms with Crippen LogP contribution in [0.1, 0.15) is 48.2 Å². The van der Waals surface area contributed by atoms with Gasteiger partial charge in [0.2, 0.25) is 5.95 Å². The van der Waals surface area contributed by atoms with Crippen LogP contribution in [0.3, 0.4) is 0 Å². The summed E-state index contributed by atoms with van der Waals surface area (Å²) in [5.74, 6) is -0.507. The van der Waals surface area contributed by atoms with Crippen molar-refractivity contribution in [3.8, 4) is 0 Å². The first-order valence-corrected chi connectivity index (χ1v) is 10.00. The van der Waals surface area contributed by atoms with Crippen LogP contribution in [-0.2, 0) is 22.4 Å². The maximum absolute atomic E-state index is 12.5. The van der Waals surface area contributed by atoms with Crippen molar-refractivity contribution in [2.24, 2.45) is 0 Å². The number of carbonyl (C=O) groups is 3. The molecule has 0 radical (unpaired) electrons. The van der Waals surface area contributed by atoms with E-state index in [0.717, 1.165) is 11.1 Å². The number of rotatable bonds is 9. The van der Waals surface area contributed by atoms with E-state index in [9.17, 15) is 19.2 Å². The molecule has 3 aromatic rings. The molecule has 0 aliphatic carbocycles. The number of aromatic nitrogens is 3. The summed E-state index contributed by atoms with van der Waals surface area (Å²) < 4.78 is 0. The van der Waals surface area contributed by atoms with Gasteiger partial charge in [0.1, 0.15) is 11.4 Å². The number of ketones is 2. The fourth-order valence-corrected chi connectivity index (χ4v) is 3.39. The molecule has 0 bridgehead atoms. The number of nitrogens with two attached hydrogens (primary N) is 1. The van der Waals surface area contributed by atoms with E-state index in [1.165, 1.54) is 13.8 Å². The zero-order valence-electron chi connectivity index (χ0n) is 17.5. The maximum Gasteiger partial charge on any atom is 0.262 e. The maximum atomic E-state index is 12.5. The Kier molecular flexibility index (Phi) is 6.64. The van der Waals surface area contributed by atoms with Crippen molar-refractivity contribution in [1.82, 2.24) is 20.3 Å². The van der Waals surface area contributed by atoms with Crippen LogP contribution in [0.5, 0.6) is 0 Å². The molecule has 9 nitrogen and oxygen atoms in total. The number of fused-ring (bicyclic) bond motifs is 1. The monoisotopic (exact) mass is 423 g/mol. The molecule has 3 rings (SSSR count). The summed E-state index contributed by atoms with van der Waals surface area (Å²) in [6, 6.07) is 6.37. The van der Waals surface area contributed by atoms with Crippen molar-refractivity contribution >= 4 is 34.5 Å². The first-order chi connectivity index (χ1) is 14.7. The summed E-state index contributed by atoms with van der Waals surface area (Å²) in [6.45, 7) is 2.85. The molecule has 1 amide bonds. The molecule has 0 saturated heterocycles. The van der Waals surface area contributed by atoms with Crippen LogP contribution in [0.2, 0.25) is 0 Å². The van der Waals surface area contributed by atoms with Gasteiger partial charge in [0, 0.05) is 18.2 Å². The normalized spacial score (nSPS) is 11.9. The average molecular weight is 423 g/mol. The highest BCUT2D eigenvalue weighted by Gasteiger charge is 2.18.